The van der Waals surface area contributed by atoms with Crippen molar-refractivity contribution >= 4 is 0 Å². The highest BCUT2D eigenvalue weighted by atomic mass is 17.1. The van der Waals surface area contributed by atoms with E-state index in [9.17, 15) is 0 Å². The molecule has 1 fully saturated rings. The summed E-state index contributed by atoms with van der Waals surface area (Å²) in [6, 6.07) is 3.77. The summed E-state index contributed by atoms with van der Waals surface area (Å²) < 4.78 is 15.3. The van der Waals surface area contributed by atoms with Crippen molar-refractivity contribution in [1.82, 2.24) is 5.32 Å². The lowest BCUT2D eigenvalue weighted by Gasteiger charge is -2.26. The molecule has 0 spiro atoms. The van der Waals surface area contributed by atoms with E-state index in [1.54, 1.807) is 33.5 Å². The molecule has 29 heavy (non-hydrogen) atoms. The van der Waals surface area contributed by atoms with Gasteiger partial charge in [0.25, 0.3) is 0 Å². The van der Waals surface area contributed by atoms with Crippen LogP contribution in [0.2, 0.25) is 0 Å². The van der Waals surface area contributed by atoms with Crippen LogP contribution < -0.4 is 19.5 Å². The smallest absolute Gasteiger partial charge is 0.203 e. The normalized spacial score (nSPS) is 15.9. The minimum absolute atomic E-state index is 0.0588. The topological polar surface area (TPSA) is 89.4 Å². The van der Waals surface area contributed by atoms with Crippen molar-refractivity contribution in [3.05, 3.63) is 17.7 Å². The second-order valence-electron chi connectivity index (χ2n) is 6.27. The average Bonchev–Trinajstić information content (AvgIpc) is 2.80. The van der Waals surface area contributed by atoms with E-state index in [1.165, 1.54) is 19.3 Å². The number of hydrogen-bond donors (Lipinski definition) is 3. The molecular weight excluding hydrogens is 374 g/mol. The number of benzene rings is 1. The predicted octanol–water partition coefficient (Wildman–Crippen LogP) is 4.65. The van der Waals surface area contributed by atoms with Crippen LogP contribution in [0, 0.1) is 0 Å². The molecule has 0 saturated carbocycles. The second-order valence-corrected chi connectivity index (χ2v) is 6.27. The van der Waals surface area contributed by atoms with E-state index in [-0.39, 0.29) is 12.7 Å². The molecule has 0 radical (unpaired) electrons. The lowest BCUT2D eigenvalue weighted by Crippen LogP contribution is -2.42. The Balaban J connectivity index is 0. The van der Waals surface area contributed by atoms with E-state index in [2.05, 4.69) is 24.1 Å². The molecule has 2 rings (SSSR count). The average molecular weight is 418 g/mol. The van der Waals surface area contributed by atoms with Crippen LogP contribution in [0.1, 0.15) is 65.9 Å². The van der Waals surface area contributed by atoms with Crippen molar-refractivity contribution < 1.29 is 29.5 Å². The highest BCUT2D eigenvalue weighted by Crippen LogP contribution is 2.38. The first-order valence-corrected chi connectivity index (χ1v) is 10.5. The number of hydrogen-bond acceptors (Lipinski definition) is 7. The maximum atomic E-state index is 8.99. The zero-order valence-corrected chi connectivity index (χ0v) is 19.6. The first-order chi connectivity index (χ1) is 14.0. The van der Waals surface area contributed by atoms with Gasteiger partial charge in [-0.25, -0.2) is 4.89 Å². The fourth-order valence-electron chi connectivity index (χ4n) is 2.58. The van der Waals surface area contributed by atoms with Crippen LogP contribution in [0.5, 0.6) is 17.2 Å². The third-order valence-electron chi connectivity index (χ3n) is 3.99. The lowest BCUT2D eigenvalue weighted by atomic mass is 10.0. The van der Waals surface area contributed by atoms with Gasteiger partial charge in [0.1, 0.15) is 6.10 Å². The molecule has 1 aliphatic heterocycles. The molecule has 1 aliphatic rings. The number of methoxy groups -OCH3 is 3. The van der Waals surface area contributed by atoms with Gasteiger partial charge in [0.15, 0.2) is 11.5 Å². The summed E-state index contributed by atoms with van der Waals surface area (Å²) in [6.07, 6.45) is 4.78. The first-order valence-electron chi connectivity index (χ1n) is 10.5. The van der Waals surface area contributed by atoms with Crippen molar-refractivity contribution in [2.75, 3.05) is 27.9 Å². The van der Waals surface area contributed by atoms with Gasteiger partial charge in [-0.2, -0.15) is 0 Å². The van der Waals surface area contributed by atoms with Crippen LogP contribution in [0.25, 0.3) is 0 Å². The summed E-state index contributed by atoms with van der Waals surface area (Å²) in [7, 11) is 4.62. The zero-order chi connectivity index (χ0) is 22.7. The van der Waals surface area contributed by atoms with Gasteiger partial charge in [0, 0.05) is 6.04 Å². The maximum absolute atomic E-state index is 8.99. The van der Waals surface area contributed by atoms with Crippen molar-refractivity contribution in [3.8, 4) is 17.2 Å². The largest absolute Gasteiger partial charge is 0.493 e. The molecule has 172 valence electrons. The molecule has 0 aromatic heterocycles. The molecule has 1 saturated heterocycles. The third-order valence-corrected chi connectivity index (χ3v) is 3.99. The van der Waals surface area contributed by atoms with Gasteiger partial charge >= 0.3 is 0 Å². The molecule has 0 amide bonds. The molecule has 0 bridgehead atoms. The quantitative estimate of drug-likeness (QED) is 0.458. The van der Waals surface area contributed by atoms with Crippen LogP contribution in [0.15, 0.2) is 12.1 Å². The minimum atomic E-state index is -0.0692. The summed E-state index contributed by atoms with van der Waals surface area (Å²) in [5.41, 5.74) is 0.722. The van der Waals surface area contributed by atoms with Crippen LogP contribution in [0.4, 0.5) is 0 Å². The first kappa shape index (κ1) is 29.7. The number of rotatable bonds is 6. The molecule has 3 N–H and O–H groups in total. The number of aliphatic hydroxyl groups is 1. The number of nitrogens with one attached hydrogen (secondary N) is 1. The van der Waals surface area contributed by atoms with Crippen LogP contribution in [-0.4, -0.2) is 50.4 Å². The number of aliphatic hydroxyl groups excluding tert-OH is 1. The van der Waals surface area contributed by atoms with Gasteiger partial charge in [-0.3, -0.25) is 5.26 Å². The summed E-state index contributed by atoms with van der Waals surface area (Å²) in [5.74, 6) is 1.64. The summed E-state index contributed by atoms with van der Waals surface area (Å²) in [6.45, 7) is 11.1. The van der Waals surface area contributed by atoms with Crippen LogP contribution in [0.3, 0.4) is 0 Å². The Labute approximate surface area is 177 Å². The summed E-state index contributed by atoms with van der Waals surface area (Å²) >= 11 is 0. The SMILES string of the molecule is CC.CC(OO)C1CCCCN1.CCC.COc1cc(CO)cc(OC)c1OC. The van der Waals surface area contributed by atoms with E-state index in [0.717, 1.165) is 18.5 Å². The second kappa shape index (κ2) is 19.8. The van der Waals surface area contributed by atoms with Gasteiger partial charge in [-0.1, -0.05) is 40.5 Å². The Morgan fingerprint density at radius 1 is 1.03 bits per heavy atom. The third kappa shape index (κ3) is 11.9. The van der Waals surface area contributed by atoms with Crippen molar-refractivity contribution in [2.24, 2.45) is 0 Å². The summed E-state index contributed by atoms with van der Waals surface area (Å²) in [4.78, 5) is 4.23. The monoisotopic (exact) mass is 417 g/mol. The molecule has 7 nitrogen and oxygen atoms in total. The molecule has 2 unspecified atom stereocenters. The number of ether oxygens (including phenoxy) is 3. The Kier molecular flexibility index (Phi) is 20.2. The van der Waals surface area contributed by atoms with Gasteiger partial charge in [0.2, 0.25) is 5.75 Å². The maximum Gasteiger partial charge on any atom is 0.203 e. The van der Waals surface area contributed by atoms with Crippen molar-refractivity contribution in [1.29, 1.82) is 0 Å². The predicted molar refractivity (Wildman–Crippen MR) is 118 cm³/mol. The Hall–Kier alpha value is -1.54. The van der Waals surface area contributed by atoms with Crippen LogP contribution >= 0.6 is 0 Å². The van der Waals surface area contributed by atoms with Crippen molar-refractivity contribution in [2.45, 2.75) is 79.1 Å². The van der Waals surface area contributed by atoms with E-state index >= 15 is 0 Å². The van der Waals surface area contributed by atoms with Gasteiger partial charge in [0.05, 0.1) is 27.9 Å². The standard InChI is InChI=1S/C10H14O4.C7H15NO2.C3H8.C2H6/c1-12-8-4-7(6-11)5-9(13-2)10(8)14-3;1-6(10-9)7-4-2-3-5-8-7;1-3-2;1-2/h4-5,11H,6H2,1-3H3;6-9H,2-5H2,1H3;3H2,1-2H3;1-2H3. The molecule has 1 heterocycles. The Morgan fingerprint density at radius 3 is 1.86 bits per heavy atom. The highest BCUT2D eigenvalue weighted by Gasteiger charge is 2.19. The minimum Gasteiger partial charge on any atom is -0.493 e. The Morgan fingerprint density at radius 2 is 1.55 bits per heavy atom. The van der Waals surface area contributed by atoms with E-state index < -0.39 is 0 Å². The van der Waals surface area contributed by atoms with Gasteiger partial charge < -0.3 is 24.6 Å². The van der Waals surface area contributed by atoms with Crippen molar-refractivity contribution in [3.63, 3.8) is 0 Å². The number of piperidine rings is 1. The fourth-order valence-corrected chi connectivity index (χ4v) is 2.58. The molecule has 0 aliphatic carbocycles. The molecule has 7 heteroatoms. The van der Waals surface area contributed by atoms with E-state index in [1.807, 2.05) is 20.8 Å². The van der Waals surface area contributed by atoms with E-state index in [4.69, 9.17) is 24.6 Å². The molecule has 1 aromatic rings. The Bertz CT molecular complexity index is 467. The fraction of sp³-hybridized carbons (Fsp3) is 0.727. The highest BCUT2D eigenvalue weighted by molar-refractivity contribution is 5.53. The lowest BCUT2D eigenvalue weighted by molar-refractivity contribution is -0.280. The molecular formula is C22H43NO6. The molecule has 1 aromatic carbocycles. The molecule has 2 atom stereocenters. The van der Waals surface area contributed by atoms with Gasteiger partial charge in [-0.05, 0) is 44.0 Å². The summed E-state index contributed by atoms with van der Waals surface area (Å²) in [5, 5.41) is 20.6. The van der Waals surface area contributed by atoms with E-state index in [0.29, 0.717) is 23.3 Å². The van der Waals surface area contributed by atoms with Crippen LogP contribution in [-0.2, 0) is 11.5 Å². The van der Waals surface area contributed by atoms with Gasteiger partial charge in [-0.15, -0.1) is 0 Å². The zero-order valence-electron chi connectivity index (χ0n) is 19.6.